The molecule has 0 bridgehead atoms. The highest BCUT2D eigenvalue weighted by Gasteiger charge is 2.21. The molecule has 0 saturated heterocycles. The molecule has 1 saturated carbocycles. The van der Waals surface area contributed by atoms with E-state index in [-0.39, 0.29) is 0 Å². The van der Waals surface area contributed by atoms with Crippen molar-refractivity contribution in [2.45, 2.75) is 51.4 Å². The number of aryl methyl sites for hydroxylation is 1. The Bertz CT molecular complexity index is 512. The maximum absolute atomic E-state index is 4.65. The van der Waals surface area contributed by atoms with Crippen molar-refractivity contribution in [1.82, 2.24) is 24.8 Å². The molecule has 1 N–H and O–H groups in total. The van der Waals surface area contributed by atoms with E-state index in [9.17, 15) is 0 Å². The van der Waals surface area contributed by atoms with Crippen molar-refractivity contribution in [2.24, 2.45) is 0 Å². The summed E-state index contributed by atoms with van der Waals surface area (Å²) in [5.41, 5.74) is 0.995. The number of hydrogen-bond donors (Lipinski definition) is 1. The summed E-state index contributed by atoms with van der Waals surface area (Å²) in [6.45, 7) is 2.08. The molecule has 0 unspecified atom stereocenters. The second kappa shape index (κ2) is 5.14. The van der Waals surface area contributed by atoms with Crippen LogP contribution in [0.2, 0.25) is 0 Å². The highest BCUT2D eigenvalue weighted by Crippen LogP contribution is 2.32. The molecule has 2 aromatic heterocycles. The average molecular weight is 263 g/mol. The third kappa shape index (κ3) is 2.16. The summed E-state index contributed by atoms with van der Waals surface area (Å²) >= 11 is 1.38. The number of nitrogens with zero attached hydrogens (tertiary/aromatic N) is 4. The van der Waals surface area contributed by atoms with E-state index < -0.39 is 0 Å². The standard InChI is InChI=1S/C12H17N5S/c1-2-9-10(18-17-14-9)12-13-11(15-16-12)8-6-4-3-5-7-8/h8H,2-7H2,1H3,(H,13,15,16). The monoisotopic (exact) mass is 263 g/mol. The Morgan fingerprint density at radius 3 is 2.89 bits per heavy atom. The van der Waals surface area contributed by atoms with E-state index in [1.54, 1.807) is 0 Å². The molecular weight excluding hydrogens is 246 g/mol. The summed E-state index contributed by atoms with van der Waals surface area (Å²) in [6, 6.07) is 0. The van der Waals surface area contributed by atoms with Crippen molar-refractivity contribution in [3.63, 3.8) is 0 Å². The number of aromatic nitrogens is 5. The summed E-state index contributed by atoms with van der Waals surface area (Å²) in [5, 5.41) is 11.5. The van der Waals surface area contributed by atoms with Crippen LogP contribution in [-0.2, 0) is 6.42 Å². The Balaban J connectivity index is 1.84. The zero-order valence-electron chi connectivity index (χ0n) is 10.5. The van der Waals surface area contributed by atoms with Gasteiger partial charge in [-0.25, -0.2) is 4.98 Å². The second-order valence-corrected chi connectivity index (χ2v) is 5.54. The third-order valence-electron chi connectivity index (χ3n) is 3.59. The predicted octanol–water partition coefficient (Wildman–Crippen LogP) is 2.93. The lowest BCUT2D eigenvalue weighted by atomic mass is 9.89. The first kappa shape index (κ1) is 11.8. The van der Waals surface area contributed by atoms with Gasteiger partial charge in [0.05, 0.1) is 5.69 Å². The molecule has 0 aromatic carbocycles. The van der Waals surface area contributed by atoms with Crippen LogP contribution in [0, 0.1) is 0 Å². The highest BCUT2D eigenvalue weighted by atomic mass is 32.1. The molecule has 0 radical (unpaired) electrons. The van der Waals surface area contributed by atoms with Gasteiger partial charge in [0.15, 0.2) is 5.82 Å². The summed E-state index contributed by atoms with van der Waals surface area (Å²) in [7, 11) is 0. The molecule has 6 heteroatoms. The van der Waals surface area contributed by atoms with Gasteiger partial charge in [-0.3, -0.25) is 5.10 Å². The van der Waals surface area contributed by atoms with Gasteiger partial charge in [0.2, 0.25) is 0 Å². The largest absolute Gasteiger partial charge is 0.262 e. The van der Waals surface area contributed by atoms with Gasteiger partial charge in [-0.05, 0) is 30.8 Å². The van der Waals surface area contributed by atoms with Crippen molar-refractivity contribution in [3.05, 3.63) is 11.5 Å². The van der Waals surface area contributed by atoms with Gasteiger partial charge in [0.1, 0.15) is 10.7 Å². The molecule has 0 atom stereocenters. The normalized spacial score (nSPS) is 17.2. The van der Waals surface area contributed by atoms with Gasteiger partial charge in [0, 0.05) is 5.92 Å². The summed E-state index contributed by atoms with van der Waals surface area (Å²) in [5.74, 6) is 2.37. The zero-order chi connectivity index (χ0) is 12.4. The molecule has 2 heterocycles. The number of nitrogens with one attached hydrogen (secondary N) is 1. The fraction of sp³-hybridized carbons (Fsp3) is 0.667. The van der Waals surface area contributed by atoms with Gasteiger partial charge in [0.25, 0.3) is 0 Å². The topological polar surface area (TPSA) is 67.3 Å². The van der Waals surface area contributed by atoms with E-state index in [1.165, 1.54) is 43.6 Å². The Morgan fingerprint density at radius 1 is 1.28 bits per heavy atom. The van der Waals surface area contributed by atoms with Crippen molar-refractivity contribution in [1.29, 1.82) is 0 Å². The minimum Gasteiger partial charge on any atom is -0.262 e. The van der Waals surface area contributed by atoms with Crippen molar-refractivity contribution < 1.29 is 0 Å². The van der Waals surface area contributed by atoms with Crippen LogP contribution in [-0.4, -0.2) is 24.8 Å². The maximum Gasteiger partial charge on any atom is 0.194 e. The van der Waals surface area contributed by atoms with Crippen LogP contribution in [0.1, 0.15) is 56.5 Å². The molecule has 0 amide bonds. The lowest BCUT2D eigenvalue weighted by Gasteiger charge is -2.18. The summed E-state index contributed by atoms with van der Waals surface area (Å²) < 4.78 is 3.99. The minimum absolute atomic E-state index is 0.561. The lowest BCUT2D eigenvalue weighted by Crippen LogP contribution is -2.06. The third-order valence-corrected chi connectivity index (χ3v) is 4.35. The first-order valence-electron chi connectivity index (χ1n) is 6.62. The molecular formula is C12H17N5S. The van der Waals surface area contributed by atoms with Crippen molar-refractivity contribution >= 4 is 11.5 Å². The van der Waals surface area contributed by atoms with E-state index in [2.05, 4.69) is 31.7 Å². The van der Waals surface area contributed by atoms with E-state index >= 15 is 0 Å². The fourth-order valence-corrected chi connectivity index (χ4v) is 3.23. The quantitative estimate of drug-likeness (QED) is 0.924. The van der Waals surface area contributed by atoms with E-state index in [0.717, 1.165) is 28.6 Å². The van der Waals surface area contributed by atoms with Gasteiger partial charge in [-0.2, -0.15) is 5.10 Å². The Hall–Kier alpha value is -1.30. The number of H-pyrrole nitrogens is 1. The van der Waals surface area contributed by atoms with Crippen molar-refractivity contribution in [2.75, 3.05) is 0 Å². The molecule has 1 aliphatic carbocycles. The molecule has 0 aliphatic heterocycles. The van der Waals surface area contributed by atoms with E-state index in [1.807, 2.05) is 0 Å². The molecule has 96 valence electrons. The molecule has 5 nitrogen and oxygen atoms in total. The minimum atomic E-state index is 0.561. The van der Waals surface area contributed by atoms with Gasteiger partial charge < -0.3 is 0 Å². The van der Waals surface area contributed by atoms with Crippen LogP contribution in [0.5, 0.6) is 0 Å². The maximum atomic E-state index is 4.65. The van der Waals surface area contributed by atoms with Crippen LogP contribution in [0.3, 0.4) is 0 Å². The average Bonchev–Trinajstić information content (AvgIpc) is 3.08. The zero-order valence-corrected chi connectivity index (χ0v) is 11.3. The molecule has 0 spiro atoms. The van der Waals surface area contributed by atoms with Crippen LogP contribution < -0.4 is 0 Å². The Labute approximate surface area is 110 Å². The predicted molar refractivity (Wildman–Crippen MR) is 70.5 cm³/mol. The van der Waals surface area contributed by atoms with Crippen LogP contribution >= 0.6 is 11.5 Å². The van der Waals surface area contributed by atoms with Gasteiger partial charge in [-0.1, -0.05) is 30.7 Å². The van der Waals surface area contributed by atoms with Crippen molar-refractivity contribution in [3.8, 4) is 10.7 Å². The highest BCUT2D eigenvalue weighted by molar-refractivity contribution is 7.09. The second-order valence-electron chi connectivity index (χ2n) is 4.78. The molecule has 3 rings (SSSR count). The fourth-order valence-electron chi connectivity index (χ4n) is 2.54. The molecule has 1 aliphatic rings. The first-order valence-corrected chi connectivity index (χ1v) is 7.39. The smallest absolute Gasteiger partial charge is 0.194 e. The van der Waals surface area contributed by atoms with Crippen LogP contribution in [0.15, 0.2) is 0 Å². The van der Waals surface area contributed by atoms with Crippen LogP contribution in [0.25, 0.3) is 10.7 Å². The number of hydrogen-bond acceptors (Lipinski definition) is 5. The molecule has 1 fully saturated rings. The number of aromatic amines is 1. The molecule has 18 heavy (non-hydrogen) atoms. The van der Waals surface area contributed by atoms with Gasteiger partial charge in [-0.15, -0.1) is 5.10 Å². The van der Waals surface area contributed by atoms with E-state index in [0.29, 0.717) is 5.92 Å². The molecule has 2 aromatic rings. The van der Waals surface area contributed by atoms with E-state index in [4.69, 9.17) is 0 Å². The summed E-state index contributed by atoms with van der Waals surface area (Å²) in [6.07, 6.45) is 7.31. The van der Waals surface area contributed by atoms with Crippen LogP contribution in [0.4, 0.5) is 0 Å². The Morgan fingerprint density at radius 2 is 2.11 bits per heavy atom. The SMILES string of the molecule is CCc1nnsc1-c1n[nH]c(C2CCCCC2)n1. The van der Waals surface area contributed by atoms with Gasteiger partial charge >= 0.3 is 0 Å². The Kier molecular flexibility index (Phi) is 3.36. The first-order chi connectivity index (χ1) is 8.88. The lowest BCUT2D eigenvalue weighted by molar-refractivity contribution is 0.429. The number of rotatable bonds is 3. The summed E-state index contributed by atoms with van der Waals surface area (Å²) in [4.78, 5) is 5.66.